The van der Waals surface area contributed by atoms with E-state index in [0.717, 1.165) is 4.90 Å². The molecule has 118 valence electrons. The number of nitrogens with one attached hydrogen (secondary N) is 1. The minimum atomic E-state index is -4.33. The number of amides is 2. The zero-order valence-corrected chi connectivity index (χ0v) is 11.7. The molecule has 1 rings (SSSR count). The number of carbonyl (C=O) groups is 2. The van der Waals surface area contributed by atoms with Gasteiger partial charge in [-0.25, -0.2) is 0 Å². The molecule has 0 radical (unpaired) electrons. The van der Waals surface area contributed by atoms with E-state index in [4.69, 9.17) is 4.42 Å². The maximum absolute atomic E-state index is 12.2. The van der Waals surface area contributed by atoms with Crippen LogP contribution in [0.4, 0.5) is 13.2 Å². The predicted molar refractivity (Wildman–Crippen MR) is 68.6 cm³/mol. The minimum Gasteiger partial charge on any atom is -0.459 e. The van der Waals surface area contributed by atoms with Crippen molar-refractivity contribution in [3.63, 3.8) is 0 Å². The van der Waals surface area contributed by atoms with Gasteiger partial charge in [0.05, 0.1) is 12.7 Å². The number of rotatable bonds is 6. The lowest BCUT2D eigenvalue weighted by Crippen LogP contribution is -2.47. The fourth-order valence-electron chi connectivity index (χ4n) is 1.70. The smallest absolute Gasteiger partial charge is 0.390 e. The Balaban J connectivity index is 2.56. The molecule has 0 saturated heterocycles. The van der Waals surface area contributed by atoms with Crippen molar-refractivity contribution in [2.75, 3.05) is 13.1 Å². The lowest BCUT2D eigenvalue weighted by Gasteiger charge is -2.25. The van der Waals surface area contributed by atoms with Crippen molar-refractivity contribution in [2.45, 2.75) is 32.5 Å². The number of hydrogen-bond donors (Lipinski definition) is 1. The number of halogens is 3. The first-order valence-electron chi connectivity index (χ1n) is 6.44. The molecule has 21 heavy (non-hydrogen) atoms. The van der Waals surface area contributed by atoms with E-state index in [9.17, 15) is 22.8 Å². The molecule has 0 aromatic carbocycles. The van der Waals surface area contributed by atoms with E-state index < -0.39 is 37.0 Å². The Morgan fingerprint density at radius 2 is 2.10 bits per heavy atom. The maximum atomic E-state index is 12.2. The van der Waals surface area contributed by atoms with E-state index >= 15 is 0 Å². The lowest BCUT2D eigenvalue weighted by molar-refractivity contribution is -0.146. The average Bonchev–Trinajstić information content (AvgIpc) is 2.91. The summed E-state index contributed by atoms with van der Waals surface area (Å²) >= 11 is 0. The lowest BCUT2D eigenvalue weighted by atomic mass is 10.2. The highest BCUT2D eigenvalue weighted by molar-refractivity contribution is 5.95. The number of hydrogen-bond acceptors (Lipinski definition) is 3. The van der Waals surface area contributed by atoms with Gasteiger partial charge in [0.2, 0.25) is 5.91 Å². The van der Waals surface area contributed by atoms with Crippen LogP contribution in [0.15, 0.2) is 22.8 Å². The van der Waals surface area contributed by atoms with Crippen LogP contribution < -0.4 is 5.32 Å². The van der Waals surface area contributed by atoms with Crippen LogP contribution in [0.5, 0.6) is 0 Å². The van der Waals surface area contributed by atoms with E-state index in [2.05, 4.69) is 5.32 Å². The molecule has 0 aliphatic rings. The quantitative estimate of drug-likeness (QED) is 0.876. The number of furan rings is 1. The SMILES string of the molecule is CCN(CCC(F)(F)F)C(=O)C(C)NC(=O)c1ccco1. The van der Waals surface area contributed by atoms with Crippen LogP contribution in [0.2, 0.25) is 0 Å². The summed E-state index contributed by atoms with van der Waals surface area (Å²) in [5.74, 6) is -1.12. The molecule has 1 heterocycles. The van der Waals surface area contributed by atoms with Gasteiger partial charge in [0.15, 0.2) is 5.76 Å². The molecule has 1 aromatic rings. The van der Waals surface area contributed by atoms with Crippen molar-refractivity contribution in [3.8, 4) is 0 Å². The van der Waals surface area contributed by atoms with Gasteiger partial charge in [0.25, 0.3) is 5.91 Å². The van der Waals surface area contributed by atoms with Gasteiger partial charge in [0, 0.05) is 13.1 Å². The maximum Gasteiger partial charge on any atom is 0.390 e. The van der Waals surface area contributed by atoms with Crippen molar-refractivity contribution in [2.24, 2.45) is 0 Å². The van der Waals surface area contributed by atoms with Crippen LogP contribution in [-0.4, -0.2) is 42.0 Å². The zero-order chi connectivity index (χ0) is 16.0. The summed E-state index contributed by atoms with van der Waals surface area (Å²) < 4.78 is 41.4. The molecule has 8 heteroatoms. The standard InChI is InChI=1S/C13H17F3N2O3/c1-3-18(7-6-13(14,15)16)12(20)9(2)17-11(19)10-5-4-8-21-10/h4-5,8-9H,3,6-7H2,1-2H3,(H,17,19). The first-order chi connectivity index (χ1) is 9.74. The molecule has 1 N–H and O–H groups in total. The first-order valence-corrected chi connectivity index (χ1v) is 6.44. The van der Waals surface area contributed by atoms with Crippen molar-refractivity contribution < 1.29 is 27.2 Å². The van der Waals surface area contributed by atoms with Gasteiger partial charge in [-0.15, -0.1) is 0 Å². The molecule has 0 bridgehead atoms. The third kappa shape index (κ3) is 5.49. The summed E-state index contributed by atoms with van der Waals surface area (Å²) in [5.41, 5.74) is 0. The topological polar surface area (TPSA) is 62.6 Å². The number of nitrogens with zero attached hydrogens (tertiary/aromatic N) is 1. The second-order valence-electron chi connectivity index (χ2n) is 4.46. The highest BCUT2D eigenvalue weighted by Crippen LogP contribution is 2.19. The minimum absolute atomic E-state index is 0.0352. The molecular formula is C13H17F3N2O3. The molecule has 1 unspecified atom stereocenters. The number of alkyl halides is 3. The third-order valence-electron chi connectivity index (χ3n) is 2.82. The average molecular weight is 306 g/mol. The first kappa shape index (κ1) is 17.1. The van der Waals surface area contributed by atoms with Gasteiger partial charge < -0.3 is 14.6 Å². The van der Waals surface area contributed by atoms with Crippen LogP contribution in [-0.2, 0) is 4.79 Å². The van der Waals surface area contributed by atoms with Gasteiger partial charge in [0.1, 0.15) is 6.04 Å². The van der Waals surface area contributed by atoms with E-state index in [1.165, 1.54) is 25.3 Å². The number of likely N-dealkylation sites (N-methyl/N-ethyl adjacent to an activating group) is 1. The molecule has 0 spiro atoms. The highest BCUT2D eigenvalue weighted by Gasteiger charge is 2.30. The Bertz CT molecular complexity index is 472. The van der Waals surface area contributed by atoms with Crippen LogP contribution in [0.25, 0.3) is 0 Å². The van der Waals surface area contributed by atoms with Crippen LogP contribution in [0.3, 0.4) is 0 Å². The molecular weight excluding hydrogens is 289 g/mol. The summed E-state index contributed by atoms with van der Waals surface area (Å²) in [6.45, 7) is 2.70. The van der Waals surface area contributed by atoms with Gasteiger partial charge in [-0.3, -0.25) is 9.59 Å². The summed E-state index contributed by atoms with van der Waals surface area (Å²) in [6.07, 6.45) is -4.09. The van der Waals surface area contributed by atoms with Crippen molar-refractivity contribution in [1.82, 2.24) is 10.2 Å². The molecule has 1 atom stereocenters. The Morgan fingerprint density at radius 1 is 1.43 bits per heavy atom. The van der Waals surface area contributed by atoms with E-state index in [-0.39, 0.29) is 12.3 Å². The predicted octanol–water partition coefficient (Wildman–Crippen LogP) is 2.20. The van der Waals surface area contributed by atoms with E-state index in [0.29, 0.717) is 0 Å². The van der Waals surface area contributed by atoms with Crippen LogP contribution in [0, 0.1) is 0 Å². The van der Waals surface area contributed by atoms with Gasteiger partial charge >= 0.3 is 6.18 Å². The molecule has 0 fully saturated rings. The summed E-state index contributed by atoms with van der Waals surface area (Å²) in [7, 11) is 0. The monoisotopic (exact) mass is 306 g/mol. The molecule has 5 nitrogen and oxygen atoms in total. The zero-order valence-electron chi connectivity index (χ0n) is 11.7. The van der Waals surface area contributed by atoms with Crippen LogP contribution >= 0.6 is 0 Å². The summed E-state index contributed by atoms with van der Waals surface area (Å²) in [4.78, 5) is 24.8. The molecule has 0 aliphatic carbocycles. The summed E-state index contributed by atoms with van der Waals surface area (Å²) in [5, 5.41) is 2.39. The van der Waals surface area contributed by atoms with Gasteiger partial charge in [-0.2, -0.15) is 13.2 Å². The molecule has 1 aromatic heterocycles. The van der Waals surface area contributed by atoms with Crippen molar-refractivity contribution in [1.29, 1.82) is 0 Å². The third-order valence-corrected chi connectivity index (χ3v) is 2.82. The normalized spacial score (nSPS) is 12.8. The second-order valence-corrected chi connectivity index (χ2v) is 4.46. The Morgan fingerprint density at radius 3 is 2.57 bits per heavy atom. The Labute approximate surface area is 120 Å². The van der Waals surface area contributed by atoms with E-state index in [1.54, 1.807) is 6.92 Å². The molecule has 0 aliphatic heterocycles. The largest absolute Gasteiger partial charge is 0.459 e. The van der Waals surface area contributed by atoms with E-state index in [1.807, 2.05) is 0 Å². The second kappa shape index (κ2) is 7.14. The van der Waals surface area contributed by atoms with Gasteiger partial charge in [-0.1, -0.05) is 0 Å². The summed E-state index contributed by atoms with van der Waals surface area (Å²) in [6, 6.07) is 2.01. The fourth-order valence-corrected chi connectivity index (χ4v) is 1.70. The number of carbonyl (C=O) groups excluding carboxylic acids is 2. The molecule has 0 saturated carbocycles. The van der Waals surface area contributed by atoms with Crippen molar-refractivity contribution >= 4 is 11.8 Å². The van der Waals surface area contributed by atoms with Crippen molar-refractivity contribution in [3.05, 3.63) is 24.2 Å². The fraction of sp³-hybridized carbons (Fsp3) is 0.538. The van der Waals surface area contributed by atoms with Gasteiger partial charge in [-0.05, 0) is 26.0 Å². The molecule has 2 amide bonds. The highest BCUT2D eigenvalue weighted by atomic mass is 19.4. The van der Waals surface area contributed by atoms with Crippen LogP contribution in [0.1, 0.15) is 30.8 Å². The Kier molecular flexibility index (Phi) is 5.80. The Hall–Kier alpha value is -1.99.